The number of rotatable bonds is 6. The summed E-state index contributed by atoms with van der Waals surface area (Å²) in [7, 11) is 0. The molecule has 0 bridgehead atoms. The summed E-state index contributed by atoms with van der Waals surface area (Å²) in [6, 6.07) is 12.2. The Morgan fingerprint density at radius 1 is 1.35 bits per heavy atom. The van der Waals surface area contributed by atoms with Gasteiger partial charge >= 0.3 is 0 Å². The first-order chi connectivity index (χ1) is 12.6. The molecule has 1 saturated carbocycles. The summed E-state index contributed by atoms with van der Waals surface area (Å²) in [6.45, 7) is 0.260. The van der Waals surface area contributed by atoms with Gasteiger partial charge in [-0.3, -0.25) is 14.5 Å². The third-order valence-electron chi connectivity index (χ3n) is 4.32. The summed E-state index contributed by atoms with van der Waals surface area (Å²) in [5.41, 5.74) is 0. The van der Waals surface area contributed by atoms with E-state index < -0.39 is 0 Å². The number of aromatic nitrogens is 3. The Morgan fingerprint density at radius 2 is 2.15 bits per heavy atom. The summed E-state index contributed by atoms with van der Waals surface area (Å²) in [5.74, 6) is 1.18. The van der Waals surface area contributed by atoms with Gasteiger partial charge < -0.3 is 10.1 Å². The number of hydrogen-bond donors (Lipinski definition) is 2. The highest BCUT2D eigenvalue weighted by Gasteiger charge is 2.27. The van der Waals surface area contributed by atoms with E-state index in [1.165, 1.54) is 0 Å². The van der Waals surface area contributed by atoms with Crippen molar-refractivity contribution >= 4 is 44.8 Å². The topological polar surface area (TPSA) is 71.9 Å². The molecule has 1 amide bonds. The summed E-state index contributed by atoms with van der Waals surface area (Å²) in [5, 5.41) is 12.0. The van der Waals surface area contributed by atoms with Crippen LogP contribution in [-0.2, 0) is 11.3 Å². The van der Waals surface area contributed by atoms with Gasteiger partial charge in [0.05, 0.1) is 11.0 Å². The highest BCUT2D eigenvalue weighted by molar-refractivity contribution is 9.10. The maximum atomic E-state index is 12.1. The number of benzene rings is 2. The SMILES string of the molecule is O=C(COc1ccc2ccccc2c1Br)NCc1n[nH]c(=S)n1C1CC1. The van der Waals surface area contributed by atoms with Crippen molar-refractivity contribution in [3.05, 3.63) is 51.5 Å². The minimum Gasteiger partial charge on any atom is -0.483 e. The number of nitrogens with one attached hydrogen (secondary N) is 2. The number of halogens is 1. The van der Waals surface area contributed by atoms with E-state index >= 15 is 0 Å². The molecule has 1 aromatic heterocycles. The fourth-order valence-corrected chi connectivity index (χ4v) is 3.78. The molecule has 3 aromatic rings. The maximum Gasteiger partial charge on any atom is 0.258 e. The van der Waals surface area contributed by atoms with Crippen LogP contribution in [0.25, 0.3) is 10.8 Å². The van der Waals surface area contributed by atoms with Gasteiger partial charge in [-0.25, -0.2) is 0 Å². The second-order valence-electron chi connectivity index (χ2n) is 6.21. The van der Waals surface area contributed by atoms with Gasteiger partial charge in [0, 0.05) is 6.04 Å². The molecule has 1 aliphatic carbocycles. The van der Waals surface area contributed by atoms with Crippen molar-refractivity contribution in [2.75, 3.05) is 6.61 Å². The number of aromatic amines is 1. The molecule has 6 nitrogen and oxygen atoms in total. The Kier molecular flexibility index (Phi) is 4.78. The zero-order chi connectivity index (χ0) is 18.1. The molecule has 26 heavy (non-hydrogen) atoms. The van der Waals surface area contributed by atoms with Crippen molar-refractivity contribution < 1.29 is 9.53 Å². The fraction of sp³-hybridized carbons (Fsp3) is 0.278. The molecule has 4 rings (SSSR count). The smallest absolute Gasteiger partial charge is 0.258 e. The summed E-state index contributed by atoms with van der Waals surface area (Å²) in [6.07, 6.45) is 2.21. The molecule has 1 fully saturated rings. The number of nitrogens with zero attached hydrogens (tertiary/aromatic N) is 2. The summed E-state index contributed by atoms with van der Waals surface area (Å²) >= 11 is 8.80. The Labute approximate surface area is 163 Å². The molecule has 0 spiro atoms. The van der Waals surface area contributed by atoms with Gasteiger partial charge in [-0.15, -0.1) is 0 Å². The molecule has 0 saturated heterocycles. The second-order valence-corrected chi connectivity index (χ2v) is 7.39. The van der Waals surface area contributed by atoms with Gasteiger partial charge in [0.15, 0.2) is 17.2 Å². The lowest BCUT2D eigenvalue weighted by Crippen LogP contribution is -2.29. The van der Waals surface area contributed by atoms with E-state index in [1.54, 1.807) is 0 Å². The average Bonchev–Trinajstić information content (AvgIpc) is 3.42. The van der Waals surface area contributed by atoms with Crippen molar-refractivity contribution in [3.63, 3.8) is 0 Å². The lowest BCUT2D eigenvalue weighted by molar-refractivity contribution is -0.123. The van der Waals surface area contributed by atoms with E-state index in [0.29, 0.717) is 23.1 Å². The molecule has 0 radical (unpaired) electrons. The fourth-order valence-electron chi connectivity index (χ4n) is 2.87. The van der Waals surface area contributed by atoms with Crippen molar-refractivity contribution in [1.29, 1.82) is 0 Å². The van der Waals surface area contributed by atoms with Crippen LogP contribution in [0.5, 0.6) is 5.75 Å². The predicted molar refractivity (Wildman–Crippen MR) is 105 cm³/mol. The zero-order valence-corrected chi connectivity index (χ0v) is 16.3. The average molecular weight is 433 g/mol. The Bertz CT molecular complexity index is 1030. The van der Waals surface area contributed by atoms with E-state index in [1.807, 2.05) is 41.0 Å². The van der Waals surface area contributed by atoms with Gasteiger partial charge in [0.1, 0.15) is 5.75 Å². The number of carbonyl (C=O) groups is 1. The summed E-state index contributed by atoms with van der Waals surface area (Å²) < 4.78 is 9.11. The van der Waals surface area contributed by atoms with Crippen LogP contribution in [-0.4, -0.2) is 27.3 Å². The minimum atomic E-state index is -0.207. The monoisotopic (exact) mass is 432 g/mol. The van der Waals surface area contributed by atoms with Crippen LogP contribution >= 0.6 is 28.1 Å². The van der Waals surface area contributed by atoms with Gasteiger partial charge in [-0.2, -0.15) is 5.10 Å². The molecule has 2 aromatic carbocycles. The number of hydrogen-bond acceptors (Lipinski definition) is 4. The van der Waals surface area contributed by atoms with Crippen molar-refractivity contribution in [1.82, 2.24) is 20.1 Å². The molecular formula is C18H17BrN4O2S. The molecule has 8 heteroatoms. The third-order valence-corrected chi connectivity index (χ3v) is 5.43. The normalized spacial score (nSPS) is 13.7. The predicted octanol–water partition coefficient (Wildman–Crippen LogP) is 3.89. The first kappa shape index (κ1) is 17.2. The lowest BCUT2D eigenvalue weighted by Gasteiger charge is -2.11. The lowest BCUT2D eigenvalue weighted by atomic mass is 10.1. The van der Waals surface area contributed by atoms with Gasteiger partial charge in [-0.05, 0) is 57.8 Å². The molecule has 0 aliphatic heterocycles. The van der Waals surface area contributed by atoms with E-state index in [4.69, 9.17) is 17.0 Å². The minimum absolute atomic E-state index is 0.0640. The van der Waals surface area contributed by atoms with Crippen LogP contribution < -0.4 is 10.1 Å². The highest BCUT2D eigenvalue weighted by Crippen LogP contribution is 2.35. The molecule has 0 unspecified atom stereocenters. The Balaban J connectivity index is 1.37. The van der Waals surface area contributed by atoms with Crippen LogP contribution in [0, 0.1) is 4.77 Å². The number of H-pyrrole nitrogens is 1. The van der Waals surface area contributed by atoms with Crippen LogP contribution in [0.1, 0.15) is 24.7 Å². The molecule has 1 aliphatic rings. The first-order valence-corrected chi connectivity index (χ1v) is 9.56. The molecule has 0 atom stereocenters. The molecule has 134 valence electrons. The number of fused-ring (bicyclic) bond motifs is 1. The third kappa shape index (κ3) is 3.52. The van der Waals surface area contributed by atoms with Crippen LogP contribution in [0.2, 0.25) is 0 Å². The molecular weight excluding hydrogens is 416 g/mol. The van der Waals surface area contributed by atoms with Gasteiger partial charge in [0.25, 0.3) is 5.91 Å². The second kappa shape index (κ2) is 7.20. The number of ether oxygens (including phenoxy) is 1. The van der Waals surface area contributed by atoms with Crippen LogP contribution in [0.4, 0.5) is 0 Å². The Morgan fingerprint density at radius 3 is 2.96 bits per heavy atom. The first-order valence-electron chi connectivity index (χ1n) is 8.36. The van der Waals surface area contributed by atoms with Crippen molar-refractivity contribution in [2.24, 2.45) is 0 Å². The molecule has 2 N–H and O–H groups in total. The zero-order valence-electron chi connectivity index (χ0n) is 13.9. The van der Waals surface area contributed by atoms with E-state index in [9.17, 15) is 4.79 Å². The Hall–Kier alpha value is -2.19. The molecule has 1 heterocycles. The van der Waals surface area contributed by atoms with Gasteiger partial charge in [-0.1, -0.05) is 30.3 Å². The number of amides is 1. The quantitative estimate of drug-likeness (QED) is 0.579. The summed E-state index contributed by atoms with van der Waals surface area (Å²) in [4.78, 5) is 12.1. The van der Waals surface area contributed by atoms with Crippen LogP contribution in [0.15, 0.2) is 40.9 Å². The maximum absolute atomic E-state index is 12.1. The van der Waals surface area contributed by atoms with Crippen LogP contribution in [0.3, 0.4) is 0 Å². The van der Waals surface area contributed by atoms with E-state index in [-0.39, 0.29) is 12.5 Å². The van der Waals surface area contributed by atoms with E-state index in [2.05, 4.69) is 31.4 Å². The number of carbonyl (C=O) groups excluding carboxylic acids is 1. The largest absolute Gasteiger partial charge is 0.483 e. The highest BCUT2D eigenvalue weighted by atomic mass is 79.9. The standard InChI is InChI=1S/C18H17BrN4O2S/c19-17-13-4-2-1-3-11(13)5-8-14(17)25-10-16(24)20-9-15-21-22-18(26)23(15)12-6-7-12/h1-5,8,12H,6-7,9-10H2,(H,20,24)(H,22,26). The van der Waals surface area contributed by atoms with Gasteiger partial charge in [0.2, 0.25) is 0 Å². The van der Waals surface area contributed by atoms with Crippen molar-refractivity contribution in [3.8, 4) is 5.75 Å². The van der Waals surface area contributed by atoms with Crippen molar-refractivity contribution in [2.45, 2.75) is 25.4 Å². The van der Waals surface area contributed by atoms with E-state index in [0.717, 1.165) is 33.9 Å².